The number of carbonyl (C=O) groups is 1. The Morgan fingerprint density at radius 1 is 1.19 bits per heavy atom. The highest BCUT2D eigenvalue weighted by Gasteiger charge is 2.31. The van der Waals surface area contributed by atoms with Gasteiger partial charge in [-0.1, -0.05) is 17.7 Å². The van der Waals surface area contributed by atoms with Crippen molar-refractivity contribution in [2.24, 2.45) is 0 Å². The smallest absolute Gasteiger partial charge is 0.321 e. The molecular formula is C13H7ClF4N2O. The lowest BCUT2D eigenvalue weighted by Crippen LogP contribution is -2.15. The SMILES string of the molecule is O=C(Nc1cc(Cl)cc(C(F)(F)F)c1)c1cccc(F)n1. The molecule has 3 nitrogen and oxygen atoms in total. The number of carbonyl (C=O) groups excluding carboxylic acids is 1. The van der Waals surface area contributed by atoms with E-state index < -0.39 is 23.6 Å². The van der Waals surface area contributed by atoms with Gasteiger partial charge in [-0.05, 0) is 30.3 Å². The zero-order chi connectivity index (χ0) is 15.6. The van der Waals surface area contributed by atoms with Crippen molar-refractivity contribution in [3.63, 3.8) is 0 Å². The van der Waals surface area contributed by atoms with E-state index in [0.29, 0.717) is 0 Å². The second-order valence-electron chi connectivity index (χ2n) is 4.03. The summed E-state index contributed by atoms with van der Waals surface area (Å²) in [6, 6.07) is 6.14. The van der Waals surface area contributed by atoms with Crippen LogP contribution < -0.4 is 5.32 Å². The number of anilines is 1. The second-order valence-corrected chi connectivity index (χ2v) is 4.46. The van der Waals surface area contributed by atoms with Gasteiger partial charge in [0.05, 0.1) is 5.56 Å². The van der Waals surface area contributed by atoms with Gasteiger partial charge in [0.25, 0.3) is 5.91 Å². The Morgan fingerprint density at radius 2 is 1.90 bits per heavy atom. The summed E-state index contributed by atoms with van der Waals surface area (Å²) in [5.74, 6) is -1.71. The van der Waals surface area contributed by atoms with Gasteiger partial charge < -0.3 is 5.32 Å². The minimum absolute atomic E-state index is 0.161. The van der Waals surface area contributed by atoms with E-state index in [1.807, 2.05) is 0 Å². The van der Waals surface area contributed by atoms with Gasteiger partial charge in [0, 0.05) is 10.7 Å². The van der Waals surface area contributed by atoms with Crippen LogP contribution in [0.4, 0.5) is 23.2 Å². The maximum Gasteiger partial charge on any atom is 0.416 e. The van der Waals surface area contributed by atoms with Crippen molar-refractivity contribution in [1.82, 2.24) is 4.98 Å². The molecule has 0 spiro atoms. The Bertz CT molecular complexity index is 688. The maximum absolute atomic E-state index is 12.9. The number of alkyl halides is 3. The molecule has 0 fully saturated rings. The number of amides is 1. The average molecular weight is 319 g/mol. The van der Waals surface area contributed by atoms with Gasteiger partial charge in [-0.2, -0.15) is 17.6 Å². The summed E-state index contributed by atoms with van der Waals surface area (Å²) >= 11 is 5.58. The first-order valence-electron chi connectivity index (χ1n) is 5.57. The first-order valence-corrected chi connectivity index (χ1v) is 5.95. The van der Waals surface area contributed by atoms with E-state index in [0.717, 1.165) is 24.3 Å². The molecule has 110 valence electrons. The van der Waals surface area contributed by atoms with Crippen LogP contribution in [0.3, 0.4) is 0 Å². The number of benzene rings is 1. The van der Waals surface area contributed by atoms with E-state index in [2.05, 4.69) is 10.3 Å². The highest BCUT2D eigenvalue weighted by molar-refractivity contribution is 6.31. The van der Waals surface area contributed by atoms with Gasteiger partial charge in [0.1, 0.15) is 5.69 Å². The number of hydrogen-bond donors (Lipinski definition) is 1. The highest BCUT2D eigenvalue weighted by atomic mass is 35.5. The third-order valence-corrected chi connectivity index (χ3v) is 2.65. The van der Waals surface area contributed by atoms with Crippen LogP contribution in [0.15, 0.2) is 36.4 Å². The monoisotopic (exact) mass is 318 g/mol. The number of nitrogens with zero attached hydrogens (tertiary/aromatic N) is 1. The maximum atomic E-state index is 12.9. The molecule has 1 aromatic heterocycles. The van der Waals surface area contributed by atoms with Crippen LogP contribution in [0.25, 0.3) is 0 Å². The van der Waals surface area contributed by atoms with Crippen molar-refractivity contribution in [3.8, 4) is 0 Å². The van der Waals surface area contributed by atoms with Gasteiger partial charge in [0.2, 0.25) is 5.95 Å². The molecule has 1 N–H and O–H groups in total. The molecule has 0 radical (unpaired) electrons. The van der Waals surface area contributed by atoms with Gasteiger partial charge in [-0.15, -0.1) is 0 Å². The largest absolute Gasteiger partial charge is 0.416 e. The number of nitrogens with one attached hydrogen (secondary N) is 1. The molecule has 2 rings (SSSR count). The lowest BCUT2D eigenvalue weighted by atomic mass is 10.2. The molecular weight excluding hydrogens is 312 g/mol. The molecule has 2 aromatic rings. The normalized spacial score (nSPS) is 11.3. The van der Waals surface area contributed by atoms with Gasteiger partial charge >= 0.3 is 6.18 Å². The van der Waals surface area contributed by atoms with Crippen LogP contribution in [-0.2, 0) is 6.18 Å². The number of aromatic nitrogens is 1. The van der Waals surface area contributed by atoms with E-state index in [-0.39, 0.29) is 16.4 Å². The van der Waals surface area contributed by atoms with Crippen molar-refractivity contribution in [2.45, 2.75) is 6.18 Å². The molecule has 8 heteroatoms. The Morgan fingerprint density at radius 3 is 2.52 bits per heavy atom. The predicted molar refractivity (Wildman–Crippen MR) is 68.6 cm³/mol. The van der Waals surface area contributed by atoms with Crippen LogP contribution in [0.1, 0.15) is 16.1 Å². The van der Waals surface area contributed by atoms with Gasteiger partial charge in [-0.3, -0.25) is 4.79 Å². The fraction of sp³-hybridized carbons (Fsp3) is 0.0769. The van der Waals surface area contributed by atoms with Crippen LogP contribution in [0, 0.1) is 5.95 Å². The zero-order valence-corrected chi connectivity index (χ0v) is 11.0. The topological polar surface area (TPSA) is 42.0 Å². The third kappa shape index (κ3) is 3.91. The molecule has 1 heterocycles. The fourth-order valence-electron chi connectivity index (χ4n) is 1.56. The van der Waals surface area contributed by atoms with Crippen molar-refractivity contribution in [3.05, 3.63) is 58.6 Å². The standard InChI is InChI=1S/C13H7ClF4N2O/c14-8-4-7(13(16,17)18)5-9(6-8)19-12(21)10-2-1-3-11(15)20-10/h1-6H,(H,19,21). The van der Waals surface area contributed by atoms with Gasteiger partial charge in [-0.25, -0.2) is 4.98 Å². The fourth-order valence-corrected chi connectivity index (χ4v) is 1.79. The molecule has 21 heavy (non-hydrogen) atoms. The molecule has 1 aromatic carbocycles. The highest BCUT2D eigenvalue weighted by Crippen LogP contribution is 2.33. The molecule has 1 amide bonds. The molecule has 0 aliphatic carbocycles. The van der Waals surface area contributed by atoms with Crippen molar-refractivity contribution in [1.29, 1.82) is 0 Å². The van der Waals surface area contributed by atoms with E-state index in [9.17, 15) is 22.4 Å². The van der Waals surface area contributed by atoms with Crippen molar-refractivity contribution in [2.75, 3.05) is 5.32 Å². The third-order valence-electron chi connectivity index (χ3n) is 2.43. The number of rotatable bonds is 2. The summed E-state index contributed by atoms with van der Waals surface area (Å²) in [7, 11) is 0. The summed E-state index contributed by atoms with van der Waals surface area (Å²) < 4.78 is 50.8. The average Bonchev–Trinajstić information content (AvgIpc) is 2.37. The lowest BCUT2D eigenvalue weighted by Gasteiger charge is -2.10. The van der Waals surface area contributed by atoms with Crippen LogP contribution in [0.2, 0.25) is 5.02 Å². The predicted octanol–water partition coefficient (Wildman–Crippen LogP) is 4.15. The van der Waals surface area contributed by atoms with Crippen LogP contribution in [-0.4, -0.2) is 10.9 Å². The Balaban J connectivity index is 2.27. The van der Waals surface area contributed by atoms with E-state index in [1.54, 1.807) is 0 Å². The van der Waals surface area contributed by atoms with E-state index in [4.69, 9.17) is 11.6 Å². The molecule has 0 unspecified atom stereocenters. The van der Waals surface area contributed by atoms with Crippen molar-refractivity contribution >= 4 is 23.2 Å². The molecule has 0 saturated carbocycles. The zero-order valence-electron chi connectivity index (χ0n) is 10.2. The minimum atomic E-state index is -4.60. The Hall–Kier alpha value is -2.15. The van der Waals surface area contributed by atoms with E-state index >= 15 is 0 Å². The minimum Gasteiger partial charge on any atom is -0.321 e. The van der Waals surface area contributed by atoms with Crippen molar-refractivity contribution < 1.29 is 22.4 Å². The molecule has 0 aliphatic heterocycles. The molecule has 0 saturated heterocycles. The van der Waals surface area contributed by atoms with Crippen LogP contribution >= 0.6 is 11.6 Å². The van der Waals surface area contributed by atoms with E-state index in [1.165, 1.54) is 12.1 Å². The lowest BCUT2D eigenvalue weighted by molar-refractivity contribution is -0.137. The number of hydrogen-bond acceptors (Lipinski definition) is 2. The molecule has 0 atom stereocenters. The van der Waals surface area contributed by atoms with Gasteiger partial charge in [0.15, 0.2) is 0 Å². The Kier molecular flexibility index (Phi) is 4.13. The van der Waals surface area contributed by atoms with Crippen LogP contribution in [0.5, 0.6) is 0 Å². The first kappa shape index (κ1) is 15.2. The second kappa shape index (κ2) is 5.69. The summed E-state index contributed by atoms with van der Waals surface area (Å²) in [4.78, 5) is 15.1. The summed E-state index contributed by atoms with van der Waals surface area (Å²) in [5.41, 5.74) is -1.42. The summed E-state index contributed by atoms with van der Waals surface area (Å²) in [6.07, 6.45) is -4.60. The molecule has 0 aliphatic rings. The summed E-state index contributed by atoms with van der Waals surface area (Å²) in [6.45, 7) is 0. The first-order chi connectivity index (χ1) is 9.75. The quantitative estimate of drug-likeness (QED) is 0.668. The molecule has 0 bridgehead atoms. The number of halogens is 5. The summed E-state index contributed by atoms with van der Waals surface area (Å²) in [5, 5.41) is 2.00. The Labute approximate surface area is 121 Å². The number of pyridine rings is 1.